The van der Waals surface area contributed by atoms with E-state index in [1.54, 1.807) is 19.0 Å². The zero-order chi connectivity index (χ0) is 17.2. The molecule has 3 atom stereocenters. The topological polar surface area (TPSA) is 73.8 Å². The maximum absolute atomic E-state index is 12.0. The highest BCUT2D eigenvalue weighted by Crippen LogP contribution is 2.22. The molecule has 0 bridgehead atoms. The average molecular weight is 345 g/mol. The molecule has 7 heteroatoms. The highest BCUT2D eigenvalue weighted by Gasteiger charge is 2.26. The van der Waals surface area contributed by atoms with E-state index in [4.69, 9.17) is 0 Å². The average Bonchev–Trinajstić information content (AvgIpc) is 2.56. The number of amides is 1. The van der Waals surface area contributed by atoms with Gasteiger partial charge in [-0.15, -0.1) is 0 Å². The maximum Gasteiger partial charge on any atom is 0.243 e. The van der Waals surface area contributed by atoms with Crippen LogP contribution in [0.2, 0.25) is 0 Å². The Morgan fingerprint density at radius 2 is 2.04 bits per heavy atom. The third-order valence-electron chi connectivity index (χ3n) is 4.04. The SMILES string of the molecule is CCCNC(=NCC(=O)N(C)C)NC1CCCC(S(=O)CC)C1. The number of guanidine groups is 1. The van der Waals surface area contributed by atoms with Crippen molar-refractivity contribution >= 4 is 22.7 Å². The molecule has 1 rings (SSSR count). The molecule has 0 aromatic rings. The van der Waals surface area contributed by atoms with Crippen LogP contribution in [-0.2, 0) is 15.6 Å². The summed E-state index contributed by atoms with van der Waals surface area (Å²) < 4.78 is 12.0. The fraction of sp³-hybridized carbons (Fsp3) is 0.875. The van der Waals surface area contributed by atoms with Gasteiger partial charge in [-0.1, -0.05) is 20.3 Å². The minimum atomic E-state index is -0.733. The number of hydrogen-bond acceptors (Lipinski definition) is 3. The zero-order valence-corrected chi connectivity index (χ0v) is 15.7. The molecule has 134 valence electrons. The molecule has 23 heavy (non-hydrogen) atoms. The Hall–Kier alpha value is -1.11. The quantitative estimate of drug-likeness (QED) is 0.536. The molecular weight excluding hydrogens is 312 g/mol. The first-order valence-corrected chi connectivity index (χ1v) is 9.98. The van der Waals surface area contributed by atoms with E-state index in [9.17, 15) is 9.00 Å². The standard InChI is InChI=1S/C16H32N4O2S/c1-5-10-17-16(18-12-15(21)20(3)4)19-13-8-7-9-14(11-13)23(22)6-2/h13-14H,5-12H2,1-4H3,(H2,17,18,19). The van der Waals surface area contributed by atoms with Crippen molar-refractivity contribution in [3.05, 3.63) is 0 Å². The Morgan fingerprint density at radius 3 is 2.65 bits per heavy atom. The third kappa shape index (κ3) is 7.33. The Bertz CT molecular complexity index is 426. The number of rotatable bonds is 7. The molecule has 2 N–H and O–H groups in total. The lowest BCUT2D eigenvalue weighted by Gasteiger charge is -2.30. The minimum Gasteiger partial charge on any atom is -0.356 e. The molecule has 3 unspecified atom stereocenters. The van der Waals surface area contributed by atoms with Crippen molar-refractivity contribution in [3.63, 3.8) is 0 Å². The van der Waals surface area contributed by atoms with Gasteiger partial charge in [-0.2, -0.15) is 0 Å². The summed E-state index contributed by atoms with van der Waals surface area (Å²) in [6, 6.07) is 0.279. The van der Waals surface area contributed by atoms with Crippen LogP contribution in [0.15, 0.2) is 4.99 Å². The largest absolute Gasteiger partial charge is 0.356 e. The lowest BCUT2D eigenvalue weighted by atomic mass is 9.95. The molecule has 0 heterocycles. The fourth-order valence-corrected chi connectivity index (χ4v) is 3.98. The van der Waals surface area contributed by atoms with Crippen molar-refractivity contribution in [1.29, 1.82) is 0 Å². The van der Waals surface area contributed by atoms with E-state index in [-0.39, 0.29) is 23.7 Å². The van der Waals surface area contributed by atoms with Crippen molar-refractivity contribution in [1.82, 2.24) is 15.5 Å². The van der Waals surface area contributed by atoms with Gasteiger partial charge in [-0.25, -0.2) is 4.99 Å². The molecule has 0 saturated heterocycles. The summed E-state index contributed by atoms with van der Waals surface area (Å²) in [6.45, 7) is 5.04. The number of aliphatic imine (C=N–C) groups is 1. The lowest BCUT2D eigenvalue weighted by Crippen LogP contribution is -2.47. The normalized spacial score (nSPS) is 23.2. The van der Waals surface area contributed by atoms with E-state index < -0.39 is 10.8 Å². The maximum atomic E-state index is 12.0. The number of nitrogens with one attached hydrogen (secondary N) is 2. The molecule has 1 saturated carbocycles. The lowest BCUT2D eigenvalue weighted by molar-refractivity contribution is -0.127. The first kappa shape index (κ1) is 19.9. The summed E-state index contributed by atoms with van der Waals surface area (Å²) in [5, 5.41) is 6.97. The summed E-state index contributed by atoms with van der Waals surface area (Å²) in [4.78, 5) is 17.7. The van der Waals surface area contributed by atoms with Gasteiger partial charge in [0.25, 0.3) is 0 Å². The zero-order valence-electron chi connectivity index (χ0n) is 14.9. The van der Waals surface area contributed by atoms with Crippen molar-refractivity contribution < 1.29 is 9.00 Å². The molecule has 0 aromatic heterocycles. The minimum absolute atomic E-state index is 0.0174. The smallest absolute Gasteiger partial charge is 0.243 e. The van der Waals surface area contributed by atoms with Crippen molar-refractivity contribution in [2.24, 2.45) is 4.99 Å². The van der Waals surface area contributed by atoms with Crippen molar-refractivity contribution in [2.45, 2.75) is 57.2 Å². The van der Waals surface area contributed by atoms with Crippen LogP contribution in [0.25, 0.3) is 0 Å². The van der Waals surface area contributed by atoms with Gasteiger partial charge in [-0.3, -0.25) is 9.00 Å². The van der Waals surface area contributed by atoms with E-state index in [1.165, 1.54) is 0 Å². The van der Waals surface area contributed by atoms with Crippen molar-refractivity contribution in [2.75, 3.05) is 32.9 Å². The Kier molecular flexibility index (Phi) is 9.21. The van der Waals surface area contributed by atoms with E-state index in [1.807, 2.05) is 6.92 Å². The third-order valence-corrected chi connectivity index (χ3v) is 5.78. The van der Waals surface area contributed by atoms with Crippen LogP contribution in [0.3, 0.4) is 0 Å². The van der Waals surface area contributed by atoms with Gasteiger partial charge >= 0.3 is 0 Å². The molecular formula is C16H32N4O2S. The number of carbonyl (C=O) groups excluding carboxylic acids is 1. The van der Waals surface area contributed by atoms with Crippen LogP contribution in [0.5, 0.6) is 0 Å². The highest BCUT2D eigenvalue weighted by atomic mass is 32.2. The summed E-state index contributed by atoms with van der Waals surface area (Å²) in [7, 11) is 2.73. The molecule has 1 amide bonds. The van der Waals surface area contributed by atoms with Crippen LogP contribution in [0.1, 0.15) is 46.0 Å². The molecule has 0 aromatic carbocycles. The van der Waals surface area contributed by atoms with Gasteiger partial charge in [0.05, 0.1) is 0 Å². The summed E-state index contributed by atoms with van der Waals surface area (Å²) in [5.41, 5.74) is 0. The molecule has 1 fully saturated rings. The second-order valence-corrected chi connectivity index (χ2v) is 8.18. The van der Waals surface area contributed by atoms with Crippen molar-refractivity contribution in [3.8, 4) is 0 Å². The summed E-state index contributed by atoms with van der Waals surface area (Å²) in [5.74, 6) is 1.40. The van der Waals surface area contributed by atoms with Gasteiger partial charge in [-0.05, 0) is 25.7 Å². The molecule has 1 aliphatic rings. The van der Waals surface area contributed by atoms with E-state index in [2.05, 4.69) is 22.5 Å². The number of carbonyl (C=O) groups is 1. The van der Waals surface area contributed by atoms with Crippen LogP contribution < -0.4 is 10.6 Å². The van der Waals surface area contributed by atoms with E-state index >= 15 is 0 Å². The van der Waals surface area contributed by atoms with Gasteiger partial charge in [0.1, 0.15) is 6.54 Å². The van der Waals surface area contributed by atoms with Crippen LogP contribution >= 0.6 is 0 Å². The van der Waals surface area contributed by atoms with Crippen LogP contribution in [0, 0.1) is 0 Å². The summed E-state index contributed by atoms with van der Waals surface area (Å²) in [6.07, 6.45) is 5.11. The number of hydrogen-bond donors (Lipinski definition) is 2. The van der Waals surface area contributed by atoms with Gasteiger partial charge in [0.15, 0.2) is 5.96 Å². The number of nitrogens with zero attached hydrogens (tertiary/aromatic N) is 2. The molecule has 0 radical (unpaired) electrons. The Balaban J connectivity index is 2.62. The molecule has 6 nitrogen and oxygen atoms in total. The Morgan fingerprint density at radius 1 is 1.30 bits per heavy atom. The van der Waals surface area contributed by atoms with Gasteiger partial charge in [0, 0.05) is 48.5 Å². The second-order valence-electron chi connectivity index (χ2n) is 6.18. The van der Waals surface area contributed by atoms with E-state index in [0.29, 0.717) is 5.96 Å². The first-order valence-electron chi connectivity index (χ1n) is 8.60. The fourth-order valence-electron chi connectivity index (χ4n) is 2.63. The summed E-state index contributed by atoms with van der Waals surface area (Å²) >= 11 is 0. The molecule has 0 spiro atoms. The second kappa shape index (κ2) is 10.6. The van der Waals surface area contributed by atoms with Gasteiger partial charge in [0.2, 0.25) is 5.91 Å². The van der Waals surface area contributed by atoms with Crippen LogP contribution in [-0.4, -0.2) is 65.2 Å². The Labute approximate surface area is 142 Å². The van der Waals surface area contributed by atoms with Crippen LogP contribution in [0.4, 0.5) is 0 Å². The van der Waals surface area contributed by atoms with Gasteiger partial charge < -0.3 is 15.5 Å². The predicted molar refractivity (Wildman–Crippen MR) is 97.2 cm³/mol. The molecule has 1 aliphatic carbocycles. The predicted octanol–water partition coefficient (Wildman–Crippen LogP) is 1.10. The first-order chi connectivity index (χ1) is 11.0. The highest BCUT2D eigenvalue weighted by molar-refractivity contribution is 7.85. The molecule has 0 aliphatic heterocycles. The van der Waals surface area contributed by atoms with E-state index in [0.717, 1.165) is 44.4 Å². The number of likely N-dealkylation sites (N-methyl/N-ethyl adjacent to an activating group) is 1. The monoisotopic (exact) mass is 344 g/mol.